The van der Waals surface area contributed by atoms with Crippen LogP contribution in [0.5, 0.6) is 0 Å². The van der Waals surface area contributed by atoms with Crippen molar-refractivity contribution in [1.29, 1.82) is 0 Å². The van der Waals surface area contributed by atoms with Crippen molar-refractivity contribution in [3.63, 3.8) is 0 Å². The van der Waals surface area contributed by atoms with Gasteiger partial charge in [0, 0.05) is 16.1 Å². The Bertz CT molecular complexity index is 532. The molecule has 21 heavy (non-hydrogen) atoms. The molecular weight excluding hydrogens is 326 g/mol. The number of carbonyl (C=O) groups excluding carboxylic acids is 1. The molecule has 0 atom stereocenters. The van der Waals surface area contributed by atoms with Crippen LogP contribution in [0.4, 0.5) is 0 Å². The van der Waals surface area contributed by atoms with Crippen molar-refractivity contribution in [2.45, 2.75) is 59.9 Å². The lowest BCUT2D eigenvalue weighted by atomic mass is 9.63. The lowest BCUT2D eigenvalue weighted by Gasteiger charge is -2.45. The maximum Gasteiger partial charge on any atom is 0.251 e. The summed E-state index contributed by atoms with van der Waals surface area (Å²) in [5, 5.41) is 3.23. The summed E-state index contributed by atoms with van der Waals surface area (Å²) in [5.41, 5.74) is 2.45. The molecule has 0 saturated heterocycles. The summed E-state index contributed by atoms with van der Waals surface area (Å²) in [4.78, 5) is 12.5. The first kappa shape index (κ1) is 16.5. The van der Waals surface area contributed by atoms with Gasteiger partial charge in [-0.3, -0.25) is 4.79 Å². The van der Waals surface area contributed by atoms with Gasteiger partial charge in [-0.1, -0.05) is 49.7 Å². The Balaban J connectivity index is 2.10. The summed E-state index contributed by atoms with van der Waals surface area (Å²) in [6, 6.07) is 6.04. The first-order valence-electron chi connectivity index (χ1n) is 7.65. The molecule has 2 nitrogen and oxygen atoms in total. The molecule has 1 fully saturated rings. The fourth-order valence-corrected chi connectivity index (χ4v) is 4.33. The van der Waals surface area contributed by atoms with Crippen LogP contribution in [-0.4, -0.2) is 11.9 Å². The quantitative estimate of drug-likeness (QED) is 0.789. The zero-order chi connectivity index (χ0) is 15.8. The summed E-state index contributed by atoms with van der Waals surface area (Å²) in [6.45, 7) is 11.2. The Kier molecular flexibility index (Phi) is 4.53. The van der Waals surface area contributed by atoms with Crippen LogP contribution in [0.3, 0.4) is 0 Å². The van der Waals surface area contributed by atoms with Crippen molar-refractivity contribution in [1.82, 2.24) is 5.32 Å². The number of carbonyl (C=O) groups is 1. The second kappa shape index (κ2) is 5.75. The SMILES string of the molecule is Cc1ccc(C(=O)NC2CC(C)(C)CC(C)(C)C2)cc1Br. The second-order valence-electron chi connectivity index (χ2n) is 8.05. The van der Waals surface area contributed by atoms with E-state index in [9.17, 15) is 4.79 Å². The molecule has 1 amide bonds. The Hall–Kier alpha value is -0.830. The fourth-order valence-electron chi connectivity index (χ4n) is 3.95. The molecule has 1 aliphatic carbocycles. The number of benzene rings is 1. The predicted octanol–water partition coefficient (Wildman–Crippen LogP) is 5.09. The highest BCUT2D eigenvalue weighted by Crippen LogP contribution is 2.45. The highest BCUT2D eigenvalue weighted by atomic mass is 79.9. The van der Waals surface area contributed by atoms with E-state index in [0.717, 1.165) is 28.4 Å². The highest BCUT2D eigenvalue weighted by Gasteiger charge is 2.38. The lowest BCUT2D eigenvalue weighted by Crippen LogP contribution is -2.46. The Labute approximate surface area is 136 Å². The van der Waals surface area contributed by atoms with Gasteiger partial charge in [-0.25, -0.2) is 0 Å². The van der Waals surface area contributed by atoms with Crippen LogP contribution in [0.15, 0.2) is 22.7 Å². The molecule has 0 heterocycles. The van der Waals surface area contributed by atoms with Crippen molar-refractivity contribution in [2.24, 2.45) is 10.8 Å². The minimum Gasteiger partial charge on any atom is -0.349 e. The van der Waals surface area contributed by atoms with E-state index < -0.39 is 0 Å². The molecule has 3 heteroatoms. The molecule has 0 bridgehead atoms. The molecule has 0 radical (unpaired) electrons. The predicted molar refractivity (Wildman–Crippen MR) is 91.5 cm³/mol. The van der Waals surface area contributed by atoms with E-state index in [4.69, 9.17) is 0 Å². The van der Waals surface area contributed by atoms with E-state index in [2.05, 4.69) is 48.9 Å². The first-order valence-corrected chi connectivity index (χ1v) is 8.44. The summed E-state index contributed by atoms with van der Waals surface area (Å²) >= 11 is 3.50. The second-order valence-corrected chi connectivity index (χ2v) is 8.90. The molecular formula is C18H26BrNO. The zero-order valence-corrected chi connectivity index (χ0v) is 15.3. The van der Waals surface area contributed by atoms with Crippen LogP contribution in [0.1, 0.15) is 62.9 Å². The van der Waals surface area contributed by atoms with Crippen LogP contribution >= 0.6 is 15.9 Å². The molecule has 116 valence electrons. The van der Waals surface area contributed by atoms with Gasteiger partial charge >= 0.3 is 0 Å². The van der Waals surface area contributed by atoms with E-state index in [-0.39, 0.29) is 22.8 Å². The average molecular weight is 352 g/mol. The van der Waals surface area contributed by atoms with Gasteiger partial charge in [-0.05, 0) is 54.7 Å². The first-order chi connectivity index (χ1) is 9.58. The van der Waals surface area contributed by atoms with Gasteiger partial charge in [0.05, 0.1) is 0 Å². The van der Waals surface area contributed by atoms with Crippen molar-refractivity contribution in [2.75, 3.05) is 0 Å². The maximum atomic E-state index is 12.5. The maximum absolute atomic E-state index is 12.5. The van der Waals surface area contributed by atoms with E-state index >= 15 is 0 Å². The minimum absolute atomic E-state index is 0.0363. The third kappa shape index (κ3) is 4.32. The molecule has 0 unspecified atom stereocenters. The summed E-state index contributed by atoms with van der Waals surface area (Å²) in [5.74, 6) is 0.0363. The number of rotatable bonds is 2. The van der Waals surface area contributed by atoms with Crippen molar-refractivity contribution in [3.8, 4) is 0 Å². The molecule has 1 aromatic carbocycles. The average Bonchev–Trinajstić information content (AvgIpc) is 2.28. The topological polar surface area (TPSA) is 29.1 Å². The third-order valence-electron chi connectivity index (χ3n) is 4.32. The van der Waals surface area contributed by atoms with Crippen LogP contribution in [0.2, 0.25) is 0 Å². The van der Waals surface area contributed by atoms with Crippen molar-refractivity contribution in [3.05, 3.63) is 33.8 Å². The monoisotopic (exact) mass is 351 g/mol. The lowest BCUT2D eigenvalue weighted by molar-refractivity contribution is 0.0713. The normalized spacial score (nSPS) is 21.0. The van der Waals surface area contributed by atoms with Gasteiger partial charge in [-0.2, -0.15) is 0 Å². The fraction of sp³-hybridized carbons (Fsp3) is 0.611. The third-order valence-corrected chi connectivity index (χ3v) is 5.18. The molecule has 1 aromatic rings. The van der Waals surface area contributed by atoms with Gasteiger partial charge in [0.1, 0.15) is 0 Å². The van der Waals surface area contributed by atoms with E-state index in [1.165, 1.54) is 6.42 Å². The van der Waals surface area contributed by atoms with Crippen molar-refractivity contribution < 1.29 is 4.79 Å². The van der Waals surface area contributed by atoms with E-state index in [1.807, 2.05) is 25.1 Å². The molecule has 2 rings (SSSR count). The minimum atomic E-state index is 0.0363. The Morgan fingerprint density at radius 1 is 1.19 bits per heavy atom. The summed E-state index contributed by atoms with van der Waals surface area (Å²) in [7, 11) is 0. The Morgan fingerprint density at radius 3 is 2.29 bits per heavy atom. The molecule has 1 saturated carbocycles. The highest BCUT2D eigenvalue weighted by molar-refractivity contribution is 9.10. The molecule has 1 aliphatic rings. The molecule has 1 N–H and O–H groups in total. The number of halogens is 1. The van der Waals surface area contributed by atoms with E-state index in [0.29, 0.717) is 0 Å². The van der Waals surface area contributed by atoms with Crippen LogP contribution < -0.4 is 5.32 Å². The number of amides is 1. The van der Waals surface area contributed by atoms with Crippen LogP contribution in [0, 0.1) is 17.8 Å². The number of hydrogen-bond acceptors (Lipinski definition) is 1. The van der Waals surface area contributed by atoms with Gasteiger partial charge in [-0.15, -0.1) is 0 Å². The van der Waals surface area contributed by atoms with Gasteiger partial charge in [0.15, 0.2) is 0 Å². The van der Waals surface area contributed by atoms with Gasteiger partial charge < -0.3 is 5.32 Å². The smallest absolute Gasteiger partial charge is 0.251 e. The number of aryl methyl sites for hydroxylation is 1. The van der Waals surface area contributed by atoms with E-state index in [1.54, 1.807) is 0 Å². The summed E-state index contributed by atoms with van der Waals surface area (Å²) in [6.07, 6.45) is 3.31. The Morgan fingerprint density at radius 2 is 1.76 bits per heavy atom. The number of hydrogen-bond donors (Lipinski definition) is 1. The number of nitrogens with one attached hydrogen (secondary N) is 1. The molecule has 0 aliphatic heterocycles. The summed E-state index contributed by atoms with van der Waals surface area (Å²) < 4.78 is 0.986. The standard InChI is InChI=1S/C18H26BrNO/c1-12-6-7-13(8-15(12)19)16(21)20-14-9-17(2,3)11-18(4,5)10-14/h6-8,14H,9-11H2,1-5H3,(H,20,21). The van der Waals surface area contributed by atoms with Crippen LogP contribution in [-0.2, 0) is 0 Å². The molecule has 0 aromatic heterocycles. The van der Waals surface area contributed by atoms with Gasteiger partial charge in [0.2, 0.25) is 0 Å². The van der Waals surface area contributed by atoms with Gasteiger partial charge in [0.25, 0.3) is 5.91 Å². The van der Waals surface area contributed by atoms with Crippen LogP contribution in [0.25, 0.3) is 0 Å². The van der Waals surface area contributed by atoms with Crippen molar-refractivity contribution >= 4 is 21.8 Å². The molecule has 0 spiro atoms. The zero-order valence-electron chi connectivity index (χ0n) is 13.7. The largest absolute Gasteiger partial charge is 0.349 e.